The van der Waals surface area contributed by atoms with Gasteiger partial charge in [-0.1, -0.05) is 6.07 Å². The first kappa shape index (κ1) is 15.2. The standard InChI is InChI=1S/C12H17N3O3S/c1-8(2)15-11(17)7-13-10(16)6-14-12(18)9-4-3-5-19-9/h3-5,8H,6-7H2,1-2H3,(H,13,16)(H,14,18)(H,15,17). The summed E-state index contributed by atoms with van der Waals surface area (Å²) in [5, 5.41) is 9.33. The molecule has 0 radical (unpaired) electrons. The van der Waals surface area contributed by atoms with Gasteiger partial charge in [-0.3, -0.25) is 14.4 Å². The maximum atomic E-state index is 11.5. The molecule has 1 aromatic heterocycles. The van der Waals surface area contributed by atoms with Crippen LogP contribution >= 0.6 is 11.3 Å². The number of nitrogens with one attached hydrogen (secondary N) is 3. The van der Waals surface area contributed by atoms with Crippen LogP contribution < -0.4 is 16.0 Å². The average Bonchev–Trinajstić information content (AvgIpc) is 2.86. The third-order valence-electron chi connectivity index (χ3n) is 2.05. The van der Waals surface area contributed by atoms with Crippen LogP contribution in [-0.4, -0.2) is 36.9 Å². The maximum absolute atomic E-state index is 11.5. The number of thiophene rings is 1. The maximum Gasteiger partial charge on any atom is 0.261 e. The molecule has 6 nitrogen and oxygen atoms in total. The zero-order valence-electron chi connectivity index (χ0n) is 10.9. The Bertz CT molecular complexity index is 443. The van der Waals surface area contributed by atoms with Crippen molar-refractivity contribution in [2.75, 3.05) is 13.1 Å². The summed E-state index contributed by atoms with van der Waals surface area (Å²) in [5.41, 5.74) is 0. The van der Waals surface area contributed by atoms with Gasteiger partial charge in [-0.05, 0) is 25.3 Å². The van der Waals surface area contributed by atoms with Crippen LogP contribution in [-0.2, 0) is 9.59 Å². The highest BCUT2D eigenvalue weighted by Gasteiger charge is 2.09. The molecule has 19 heavy (non-hydrogen) atoms. The van der Waals surface area contributed by atoms with Crippen LogP contribution in [0.25, 0.3) is 0 Å². The molecule has 3 amide bonds. The van der Waals surface area contributed by atoms with Crippen molar-refractivity contribution in [2.24, 2.45) is 0 Å². The molecule has 0 aliphatic carbocycles. The SMILES string of the molecule is CC(C)NC(=O)CNC(=O)CNC(=O)c1cccs1. The van der Waals surface area contributed by atoms with Gasteiger partial charge in [-0.15, -0.1) is 11.3 Å². The third kappa shape index (κ3) is 6.01. The summed E-state index contributed by atoms with van der Waals surface area (Å²) in [5.74, 6) is -0.950. The van der Waals surface area contributed by atoms with Gasteiger partial charge in [0.05, 0.1) is 18.0 Å². The van der Waals surface area contributed by atoms with E-state index in [4.69, 9.17) is 0 Å². The predicted molar refractivity (Wildman–Crippen MR) is 72.9 cm³/mol. The van der Waals surface area contributed by atoms with E-state index in [0.717, 1.165) is 0 Å². The summed E-state index contributed by atoms with van der Waals surface area (Å²) in [7, 11) is 0. The van der Waals surface area contributed by atoms with Gasteiger partial charge in [0.15, 0.2) is 0 Å². The van der Waals surface area contributed by atoms with Gasteiger partial charge in [-0.25, -0.2) is 0 Å². The summed E-state index contributed by atoms with van der Waals surface area (Å²) >= 11 is 1.30. The Hall–Kier alpha value is -1.89. The van der Waals surface area contributed by atoms with Crippen LogP contribution in [0.4, 0.5) is 0 Å². The second-order valence-corrected chi connectivity index (χ2v) is 5.11. The van der Waals surface area contributed by atoms with Gasteiger partial charge >= 0.3 is 0 Å². The number of hydrogen-bond donors (Lipinski definition) is 3. The van der Waals surface area contributed by atoms with E-state index in [0.29, 0.717) is 4.88 Å². The molecule has 0 spiro atoms. The number of amides is 3. The van der Waals surface area contributed by atoms with Crippen molar-refractivity contribution in [3.63, 3.8) is 0 Å². The van der Waals surface area contributed by atoms with Crippen molar-refractivity contribution in [1.82, 2.24) is 16.0 Å². The summed E-state index contributed by atoms with van der Waals surface area (Å²) in [6, 6.07) is 3.46. The molecule has 0 aliphatic rings. The first-order chi connectivity index (χ1) is 8.99. The third-order valence-corrected chi connectivity index (χ3v) is 2.92. The summed E-state index contributed by atoms with van der Waals surface area (Å²) in [6.07, 6.45) is 0. The summed E-state index contributed by atoms with van der Waals surface area (Å²) in [6.45, 7) is 3.43. The van der Waals surface area contributed by atoms with Crippen molar-refractivity contribution in [2.45, 2.75) is 19.9 Å². The molecule has 0 atom stereocenters. The first-order valence-electron chi connectivity index (χ1n) is 5.87. The van der Waals surface area contributed by atoms with Crippen molar-refractivity contribution >= 4 is 29.1 Å². The van der Waals surface area contributed by atoms with Gasteiger partial charge < -0.3 is 16.0 Å². The van der Waals surface area contributed by atoms with Crippen LogP contribution in [0.1, 0.15) is 23.5 Å². The molecule has 0 aromatic carbocycles. The quantitative estimate of drug-likeness (QED) is 0.693. The molecule has 0 saturated heterocycles. The normalized spacial score (nSPS) is 10.1. The zero-order valence-corrected chi connectivity index (χ0v) is 11.7. The number of carbonyl (C=O) groups excluding carboxylic acids is 3. The molecule has 0 bridgehead atoms. The molecule has 7 heteroatoms. The Morgan fingerprint density at radius 3 is 2.42 bits per heavy atom. The molecular weight excluding hydrogens is 266 g/mol. The van der Waals surface area contributed by atoms with Crippen LogP contribution in [0.5, 0.6) is 0 Å². The lowest BCUT2D eigenvalue weighted by Crippen LogP contribution is -2.43. The van der Waals surface area contributed by atoms with E-state index < -0.39 is 5.91 Å². The Kier molecular flexibility index (Phi) is 6.01. The second kappa shape index (κ2) is 7.52. The van der Waals surface area contributed by atoms with E-state index in [1.54, 1.807) is 17.5 Å². The Balaban J connectivity index is 2.21. The highest BCUT2D eigenvalue weighted by molar-refractivity contribution is 7.12. The number of hydrogen-bond acceptors (Lipinski definition) is 4. The van der Waals surface area contributed by atoms with Crippen LogP contribution in [0.15, 0.2) is 17.5 Å². The zero-order chi connectivity index (χ0) is 14.3. The smallest absolute Gasteiger partial charge is 0.261 e. The van der Waals surface area contributed by atoms with Crippen molar-refractivity contribution in [3.05, 3.63) is 22.4 Å². The summed E-state index contributed by atoms with van der Waals surface area (Å²) in [4.78, 5) is 34.8. The van der Waals surface area contributed by atoms with Gasteiger partial charge in [0.2, 0.25) is 11.8 Å². The predicted octanol–water partition coefficient (Wildman–Crippen LogP) is 0.119. The fourth-order valence-corrected chi connectivity index (χ4v) is 1.91. The minimum absolute atomic E-state index is 0.0305. The molecule has 0 aliphatic heterocycles. The van der Waals surface area contributed by atoms with Crippen molar-refractivity contribution < 1.29 is 14.4 Å². The van der Waals surface area contributed by atoms with Crippen LogP contribution in [0.3, 0.4) is 0 Å². The molecule has 0 unspecified atom stereocenters. The average molecular weight is 283 g/mol. The Labute approximate surface area is 115 Å². The molecule has 104 valence electrons. The van der Waals surface area contributed by atoms with Crippen LogP contribution in [0.2, 0.25) is 0 Å². The van der Waals surface area contributed by atoms with Crippen molar-refractivity contribution in [1.29, 1.82) is 0 Å². The van der Waals surface area contributed by atoms with E-state index in [9.17, 15) is 14.4 Å². The van der Waals surface area contributed by atoms with E-state index in [2.05, 4.69) is 16.0 Å². The van der Waals surface area contributed by atoms with Gasteiger partial charge in [0, 0.05) is 6.04 Å². The minimum atomic E-state index is -0.399. The second-order valence-electron chi connectivity index (χ2n) is 4.16. The molecule has 1 aromatic rings. The monoisotopic (exact) mass is 283 g/mol. The molecule has 1 heterocycles. The molecular formula is C12H17N3O3S. The van der Waals surface area contributed by atoms with Gasteiger partial charge in [0.1, 0.15) is 0 Å². The minimum Gasteiger partial charge on any atom is -0.352 e. The lowest BCUT2D eigenvalue weighted by molar-refractivity contribution is -0.125. The van der Waals surface area contributed by atoms with Crippen LogP contribution in [0, 0.1) is 0 Å². The van der Waals surface area contributed by atoms with Gasteiger partial charge in [0.25, 0.3) is 5.91 Å². The highest BCUT2D eigenvalue weighted by atomic mass is 32.1. The highest BCUT2D eigenvalue weighted by Crippen LogP contribution is 2.07. The van der Waals surface area contributed by atoms with Gasteiger partial charge in [-0.2, -0.15) is 0 Å². The van der Waals surface area contributed by atoms with E-state index in [1.807, 2.05) is 13.8 Å². The number of rotatable bonds is 6. The molecule has 3 N–H and O–H groups in total. The lowest BCUT2D eigenvalue weighted by Gasteiger charge is -2.09. The largest absolute Gasteiger partial charge is 0.352 e. The Morgan fingerprint density at radius 2 is 1.84 bits per heavy atom. The molecule has 0 saturated carbocycles. The lowest BCUT2D eigenvalue weighted by atomic mass is 10.4. The fraction of sp³-hybridized carbons (Fsp3) is 0.417. The fourth-order valence-electron chi connectivity index (χ4n) is 1.27. The first-order valence-corrected chi connectivity index (χ1v) is 6.74. The topological polar surface area (TPSA) is 87.3 Å². The van der Waals surface area contributed by atoms with E-state index in [1.165, 1.54) is 11.3 Å². The van der Waals surface area contributed by atoms with E-state index >= 15 is 0 Å². The van der Waals surface area contributed by atoms with E-state index in [-0.39, 0.29) is 30.9 Å². The van der Waals surface area contributed by atoms with Crippen molar-refractivity contribution in [3.8, 4) is 0 Å². The Morgan fingerprint density at radius 1 is 1.16 bits per heavy atom. The molecule has 0 fully saturated rings. The number of carbonyl (C=O) groups is 3. The molecule has 1 rings (SSSR count). The summed E-state index contributed by atoms with van der Waals surface area (Å²) < 4.78 is 0.